The molecular weight excluding hydrogens is 288 g/mol. The summed E-state index contributed by atoms with van der Waals surface area (Å²) < 4.78 is 7.28. The molecule has 1 aromatic rings. The topological polar surface area (TPSA) is 64.3 Å². The highest BCUT2D eigenvalue weighted by molar-refractivity contribution is 9.10. The second kappa shape index (κ2) is 6.16. The van der Waals surface area contributed by atoms with Crippen LogP contribution in [0.1, 0.15) is 25.2 Å². The fourth-order valence-corrected chi connectivity index (χ4v) is 2.32. The molecule has 0 radical (unpaired) electrons. The molecule has 1 aromatic heterocycles. The van der Waals surface area contributed by atoms with Crippen molar-refractivity contribution in [3.63, 3.8) is 0 Å². The van der Waals surface area contributed by atoms with Gasteiger partial charge in [-0.1, -0.05) is 6.92 Å². The van der Waals surface area contributed by atoms with Gasteiger partial charge in [0.2, 0.25) is 0 Å². The number of hydrogen-bond donors (Lipinski definition) is 1. The minimum absolute atomic E-state index is 0.197. The Balaban J connectivity index is 2.81. The van der Waals surface area contributed by atoms with Crippen LogP contribution in [0.4, 0.5) is 0 Å². The number of rotatable bonds is 5. The van der Waals surface area contributed by atoms with Crippen molar-refractivity contribution in [1.29, 1.82) is 0 Å². The highest BCUT2D eigenvalue weighted by atomic mass is 79.9. The normalized spacial score (nSPS) is 12.5. The third-order valence-electron chi connectivity index (χ3n) is 2.45. The maximum Gasteiger partial charge on any atom is 0.335 e. The van der Waals surface area contributed by atoms with Crippen LogP contribution in [0.2, 0.25) is 0 Å². The van der Waals surface area contributed by atoms with Crippen molar-refractivity contribution < 1.29 is 14.6 Å². The van der Waals surface area contributed by atoms with Crippen molar-refractivity contribution >= 4 is 21.9 Å². The van der Waals surface area contributed by atoms with E-state index in [0.29, 0.717) is 0 Å². The Morgan fingerprint density at radius 3 is 2.71 bits per heavy atom. The lowest BCUT2D eigenvalue weighted by molar-refractivity contribution is -0.152. The van der Waals surface area contributed by atoms with Gasteiger partial charge in [-0.2, -0.15) is 5.10 Å². The number of esters is 1. The smallest absolute Gasteiger partial charge is 0.335 e. The first kappa shape index (κ1) is 14.2. The van der Waals surface area contributed by atoms with Crippen molar-refractivity contribution in [2.24, 2.45) is 7.05 Å². The van der Waals surface area contributed by atoms with Gasteiger partial charge in [0.15, 0.2) is 6.10 Å². The monoisotopic (exact) mass is 304 g/mol. The van der Waals surface area contributed by atoms with Crippen molar-refractivity contribution in [2.75, 3.05) is 6.61 Å². The summed E-state index contributed by atoms with van der Waals surface area (Å²) in [5.41, 5.74) is 1.71. The van der Waals surface area contributed by atoms with E-state index in [1.54, 1.807) is 18.7 Å². The molecular formula is C11H17BrN2O3. The molecule has 0 spiro atoms. The predicted octanol–water partition coefficient (Wildman–Crippen LogP) is 1.21. The van der Waals surface area contributed by atoms with E-state index < -0.39 is 12.1 Å². The van der Waals surface area contributed by atoms with E-state index >= 15 is 0 Å². The first-order valence-electron chi connectivity index (χ1n) is 5.56. The molecule has 0 aliphatic rings. The second-order valence-corrected chi connectivity index (χ2v) is 4.45. The Kier molecular flexibility index (Phi) is 5.14. The van der Waals surface area contributed by atoms with Crippen LogP contribution in [0.15, 0.2) is 4.47 Å². The summed E-state index contributed by atoms with van der Waals surface area (Å²) in [6, 6.07) is 0. The summed E-state index contributed by atoms with van der Waals surface area (Å²) in [4.78, 5) is 11.3. The van der Waals surface area contributed by atoms with Gasteiger partial charge in [-0.15, -0.1) is 0 Å². The molecule has 1 rings (SSSR count). The quantitative estimate of drug-likeness (QED) is 0.831. The molecule has 0 fully saturated rings. The number of carbonyl (C=O) groups is 1. The lowest BCUT2D eigenvalue weighted by atomic mass is 10.2. The highest BCUT2D eigenvalue weighted by Crippen LogP contribution is 2.22. The molecule has 17 heavy (non-hydrogen) atoms. The molecule has 1 atom stereocenters. The van der Waals surface area contributed by atoms with Crippen LogP contribution in [-0.2, 0) is 29.4 Å². The van der Waals surface area contributed by atoms with Crippen LogP contribution in [0, 0.1) is 0 Å². The van der Waals surface area contributed by atoms with Crippen LogP contribution in [0.3, 0.4) is 0 Å². The number of aromatic nitrogens is 2. The molecule has 0 aromatic carbocycles. The molecule has 0 saturated carbocycles. The standard InChI is InChI=1S/C11H17BrN2O3/c1-4-7-10(12)8(14(3)13-7)6-9(15)11(16)17-5-2/h9,15H,4-6H2,1-3H3. The molecule has 5 nitrogen and oxygen atoms in total. The zero-order chi connectivity index (χ0) is 13.0. The Hall–Kier alpha value is -0.880. The van der Waals surface area contributed by atoms with Crippen LogP contribution >= 0.6 is 15.9 Å². The SMILES string of the molecule is CCOC(=O)C(O)Cc1c(Br)c(CC)nn1C. The van der Waals surface area contributed by atoms with Crippen molar-refractivity contribution in [3.05, 3.63) is 15.9 Å². The largest absolute Gasteiger partial charge is 0.464 e. The third-order valence-corrected chi connectivity index (χ3v) is 3.36. The minimum atomic E-state index is -1.15. The van der Waals surface area contributed by atoms with E-state index in [1.807, 2.05) is 6.92 Å². The number of carbonyl (C=O) groups excluding carboxylic acids is 1. The summed E-state index contributed by atoms with van der Waals surface area (Å²) in [5.74, 6) is -0.598. The first-order valence-corrected chi connectivity index (χ1v) is 6.35. The fraction of sp³-hybridized carbons (Fsp3) is 0.636. The molecule has 1 N–H and O–H groups in total. The number of aryl methyl sites for hydroxylation is 2. The maximum atomic E-state index is 11.3. The van der Waals surface area contributed by atoms with Crippen molar-refractivity contribution in [1.82, 2.24) is 9.78 Å². The van der Waals surface area contributed by atoms with Gasteiger partial charge in [-0.3, -0.25) is 4.68 Å². The van der Waals surface area contributed by atoms with E-state index in [-0.39, 0.29) is 13.0 Å². The van der Waals surface area contributed by atoms with Gasteiger partial charge in [0, 0.05) is 13.5 Å². The molecule has 0 aliphatic carbocycles. The van der Waals surface area contributed by atoms with Gasteiger partial charge in [0.25, 0.3) is 0 Å². The van der Waals surface area contributed by atoms with Crippen molar-refractivity contribution in [3.8, 4) is 0 Å². The summed E-state index contributed by atoms with van der Waals surface area (Å²) in [6.07, 6.45) is -0.154. The van der Waals surface area contributed by atoms with Crippen molar-refractivity contribution in [2.45, 2.75) is 32.8 Å². The minimum Gasteiger partial charge on any atom is -0.464 e. The van der Waals surface area contributed by atoms with E-state index in [2.05, 4.69) is 21.0 Å². The van der Waals surface area contributed by atoms with Crippen LogP contribution in [-0.4, -0.2) is 33.6 Å². The van der Waals surface area contributed by atoms with Crippen LogP contribution in [0.25, 0.3) is 0 Å². The molecule has 96 valence electrons. The van der Waals surface area contributed by atoms with E-state index in [1.165, 1.54) is 0 Å². The number of aliphatic hydroxyl groups is 1. The van der Waals surface area contributed by atoms with Gasteiger partial charge in [0.1, 0.15) is 0 Å². The molecule has 0 saturated heterocycles. The van der Waals surface area contributed by atoms with Gasteiger partial charge in [-0.25, -0.2) is 4.79 Å². The summed E-state index contributed by atoms with van der Waals surface area (Å²) in [7, 11) is 1.79. The lowest BCUT2D eigenvalue weighted by Crippen LogP contribution is -2.26. The number of nitrogens with zero attached hydrogens (tertiary/aromatic N) is 2. The fourth-order valence-electron chi connectivity index (χ4n) is 1.55. The molecule has 0 aliphatic heterocycles. The van der Waals surface area contributed by atoms with Gasteiger partial charge in [0.05, 0.1) is 22.5 Å². The maximum absolute atomic E-state index is 11.3. The predicted molar refractivity (Wildman–Crippen MR) is 66.6 cm³/mol. The van der Waals surface area contributed by atoms with Gasteiger partial charge in [-0.05, 0) is 29.3 Å². The molecule has 1 heterocycles. The Bertz CT molecular complexity index is 404. The first-order chi connectivity index (χ1) is 8.01. The summed E-state index contributed by atoms with van der Waals surface area (Å²) in [5, 5.41) is 14.0. The highest BCUT2D eigenvalue weighted by Gasteiger charge is 2.21. The number of hydrogen-bond acceptors (Lipinski definition) is 4. The Labute approximate surface area is 109 Å². The van der Waals surface area contributed by atoms with Crippen LogP contribution in [0.5, 0.6) is 0 Å². The third kappa shape index (κ3) is 3.29. The van der Waals surface area contributed by atoms with E-state index in [4.69, 9.17) is 4.74 Å². The van der Waals surface area contributed by atoms with Gasteiger partial charge < -0.3 is 9.84 Å². The Morgan fingerprint density at radius 1 is 1.59 bits per heavy atom. The molecule has 0 bridgehead atoms. The average molecular weight is 305 g/mol. The Morgan fingerprint density at radius 2 is 2.24 bits per heavy atom. The molecule has 6 heteroatoms. The van der Waals surface area contributed by atoms with E-state index in [9.17, 15) is 9.90 Å². The number of aliphatic hydroxyl groups excluding tert-OH is 1. The summed E-state index contributed by atoms with van der Waals surface area (Å²) in [6.45, 7) is 3.97. The van der Waals surface area contributed by atoms with Gasteiger partial charge >= 0.3 is 5.97 Å². The zero-order valence-electron chi connectivity index (χ0n) is 10.2. The molecule has 1 unspecified atom stereocenters. The number of ether oxygens (including phenoxy) is 1. The zero-order valence-corrected chi connectivity index (χ0v) is 11.8. The molecule has 0 amide bonds. The van der Waals surface area contributed by atoms with Crippen LogP contribution < -0.4 is 0 Å². The summed E-state index contributed by atoms with van der Waals surface area (Å²) >= 11 is 3.43. The number of halogens is 1. The van der Waals surface area contributed by atoms with E-state index in [0.717, 1.165) is 22.3 Å². The second-order valence-electron chi connectivity index (χ2n) is 3.66. The average Bonchev–Trinajstić information content (AvgIpc) is 2.56. The lowest BCUT2D eigenvalue weighted by Gasteiger charge is -2.10.